The Morgan fingerprint density at radius 2 is 1.83 bits per heavy atom. The minimum Gasteiger partial charge on any atom is -0.466 e. The fourth-order valence-corrected chi connectivity index (χ4v) is 3.79. The van der Waals surface area contributed by atoms with Crippen molar-refractivity contribution in [3.05, 3.63) is 53.1 Å². The van der Waals surface area contributed by atoms with Crippen molar-refractivity contribution >= 4 is 22.3 Å². The van der Waals surface area contributed by atoms with Crippen LogP contribution in [0.2, 0.25) is 0 Å². The van der Waals surface area contributed by atoms with Gasteiger partial charge in [-0.15, -0.1) is 0 Å². The maximum Gasteiger partial charge on any atom is 0.310 e. The number of hydrogen-bond acceptors (Lipinski definition) is 3. The fraction of sp³-hybridized carbons (Fsp3) is 0.519. The summed E-state index contributed by atoms with van der Waals surface area (Å²) in [4.78, 5) is 12.2. The van der Waals surface area contributed by atoms with Gasteiger partial charge in [-0.25, -0.2) is 0 Å². The van der Waals surface area contributed by atoms with E-state index in [1.54, 1.807) is 20.8 Å². The zero-order chi connectivity index (χ0) is 22.5. The van der Waals surface area contributed by atoms with Gasteiger partial charge in [0, 0.05) is 0 Å². The molecular weight excluding hydrogens is 372 g/mol. The number of fused-ring (bicyclic) bond motifs is 1. The number of aliphatic hydroxyl groups is 1. The van der Waals surface area contributed by atoms with E-state index in [1.165, 1.54) is 33.9 Å². The van der Waals surface area contributed by atoms with E-state index in [0.717, 1.165) is 18.4 Å². The highest BCUT2D eigenvalue weighted by molar-refractivity contribution is 5.97. The Morgan fingerprint density at radius 3 is 2.40 bits per heavy atom. The Balaban J connectivity index is 0.000000575. The van der Waals surface area contributed by atoms with E-state index in [4.69, 9.17) is 9.84 Å². The monoisotopic (exact) mass is 410 g/mol. The zero-order valence-corrected chi connectivity index (χ0v) is 19.8. The third-order valence-electron chi connectivity index (χ3n) is 5.30. The summed E-state index contributed by atoms with van der Waals surface area (Å²) in [5, 5.41) is 11.0. The molecule has 0 saturated heterocycles. The SMILES string of the molecule is CC(C)(C)O.CCOC(=O)Cc1c(C)cc2ccccc2c1C1=CCC(C)(C)CC1. The van der Waals surface area contributed by atoms with Crippen LogP contribution in [0, 0.1) is 12.3 Å². The van der Waals surface area contributed by atoms with E-state index < -0.39 is 5.60 Å². The number of hydrogen-bond donors (Lipinski definition) is 1. The number of rotatable bonds is 4. The molecule has 0 radical (unpaired) electrons. The molecule has 1 aliphatic rings. The normalized spacial score (nSPS) is 15.8. The van der Waals surface area contributed by atoms with Gasteiger partial charge in [0.25, 0.3) is 0 Å². The van der Waals surface area contributed by atoms with E-state index in [2.05, 4.69) is 57.2 Å². The summed E-state index contributed by atoms with van der Waals surface area (Å²) in [6.45, 7) is 14.3. The van der Waals surface area contributed by atoms with Gasteiger partial charge in [-0.1, -0.05) is 50.3 Å². The Kier molecular flexibility index (Phi) is 7.87. The molecule has 0 bridgehead atoms. The molecule has 30 heavy (non-hydrogen) atoms. The average molecular weight is 411 g/mol. The van der Waals surface area contributed by atoms with Gasteiger partial charge in [0.15, 0.2) is 0 Å². The number of esters is 1. The minimum atomic E-state index is -0.500. The summed E-state index contributed by atoms with van der Waals surface area (Å²) in [7, 11) is 0. The molecule has 0 aliphatic heterocycles. The topological polar surface area (TPSA) is 46.5 Å². The van der Waals surface area contributed by atoms with Crippen LogP contribution in [0.15, 0.2) is 36.4 Å². The van der Waals surface area contributed by atoms with Crippen molar-refractivity contribution in [1.29, 1.82) is 0 Å². The molecule has 2 aromatic carbocycles. The molecule has 0 fully saturated rings. The maximum atomic E-state index is 12.2. The molecule has 0 unspecified atom stereocenters. The first-order valence-electron chi connectivity index (χ1n) is 11.0. The quantitative estimate of drug-likeness (QED) is 0.576. The van der Waals surface area contributed by atoms with Crippen molar-refractivity contribution in [3.8, 4) is 0 Å². The van der Waals surface area contributed by atoms with Crippen LogP contribution in [0.25, 0.3) is 16.3 Å². The lowest BCUT2D eigenvalue weighted by molar-refractivity contribution is -0.142. The molecule has 0 amide bonds. The van der Waals surface area contributed by atoms with Crippen molar-refractivity contribution in [3.63, 3.8) is 0 Å². The molecule has 0 atom stereocenters. The highest BCUT2D eigenvalue weighted by atomic mass is 16.5. The van der Waals surface area contributed by atoms with Gasteiger partial charge >= 0.3 is 5.97 Å². The van der Waals surface area contributed by atoms with Gasteiger partial charge in [-0.3, -0.25) is 4.79 Å². The Hall–Kier alpha value is -2.13. The van der Waals surface area contributed by atoms with E-state index in [-0.39, 0.29) is 5.97 Å². The molecular formula is C27H38O3. The van der Waals surface area contributed by atoms with Crippen LogP contribution in [0.5, 0.6) is 0 Å². The molecule has 3 nitrogen and oxygen atoms in total. The zero-order valence-electron chi connectivity index (χ0n) is 19.8. The first-order chi connectivity index (χ1) is 13.9. The van der Waals surface area contributed by atoms with Crippen LogP contribution in [0.1, 0.15) is 77.5 Å². The molecule has 3 heteroatoms. The molecule has 0 spiro atoms. The Bertz CT molecular complexity index is 908. The van der Waals surface area contributed by atoms with Gasteiger partial charge < -0.3 is 9.84 Å². The first-order valence-corrected chi connectivity index (χ1v) is 11.0. The van der Waals surface area contributed by atoms with Crippen molar-refractivity contribution in [2.45, 2.75) is 79.8 Å². The van der Waals surface area contributed by atoms with Crippen LogP contribution in [-0.4, -0.2) is 23.3 Å². The number of aryl methyl sites for hydroxylation is 1. The van der Waals surface area contributed by atoms with Crippen LogP contribution >= 0.6 is 0 Å². The molecule has 3 rings (SSSR count). The number of carbonyl (C=O) groups is 1. The molecule has 0 aromatic heterocycles. The molecule has 164 valence electrons. The van der Waals surface area contributed by atoms with E-state index >= 15 is 0 Å². The summed E-state index contributed by atoms with van der Waals surface area (Å²) in [5.41, 5.74) is 4.82. The second-order valence-electron chi connectivity index (χ2n) is 10.0. The average Bonchev–Trinajstić information content (AvgIpc) is 2.62. The van der Waals surface area contributed by atoms with E-state index in [9.17, 15) is 4.79 Å². The van der Waals surface area contributed by atoms with Gasteiger partial charge in [0.2, 0.25) is 0 Å². The first kappa shape index (κ1) is 24.1. The second kappa shape index (κ2) is 9.78. The molecule has 2 aromatic rings. The van der Waals surface area contributed by atoms with Crippen molar-refractivity contribution in [1.82, 2.24) is 0 Å². The fourth-order valence-electron chi connectivity index (χ4n) is 3.79. The summed E-state index contributed by atoms with van der Waals surface area (Å²) >= 11 is 0. The highest BCUT2D eigenvalue weighted by Gasteiger charge is 2.25. The van der Waals surface area contributed by atoms with Crippen LogP contribution in [0.3, 0.4) is 0 Å². The Morgan fingerprint density at radius 1 is 1.20 bits per heavy atom. The molecule has 1 N–H and O–H groups in total. The molecule has 0 saturated carbocycles. The third-order valence-corrected chi connectivity index (χ3v) is 5.30. The standard InChI is InChI=1S/C23H28O2.C4H10O/c1-5-25-21(24)15-20-16(2)14-18-8-6-7-9-19(18)22(20)17-10-12-23(3,4)13-11-17;1-4(2,3)5/h6-10,14H,5,11-13,15H2,1-4H3;5H,1-3H3. The predicted octanol–water partition coefficient (Wildman–Crippen LogP) is 6.62. The highest BCUT2D eigenvalue weighted by Crippen LogP contribution is 2.41. The third kappa shape index (κ3) is 6.98. The van der Waals surface area contributed by atoms with E-state index in [0.29, 0.717) is 18.4 Å². The van der Waals surface area contributed by atoms with Crippen molar-refractivity contribution < 1.29 is 14.6 Å². The molecule has 1 aliphatic carbocycles. The summed E-state index contributed by atoms with van der Waals surface area (Å²) in [6, 6.07) is 10.7. The van der Waals surface area contributed by atoms with Crippen molar-refractivity contribution in [2.75, 3.05) is 6.61 Å². The van der Waals surface area contributed by atoms with Crippen LogP contribution < -0.4 is 0 Å². The molecule has 0 heterocycles. The number of ether oxygens (including phenoxy) is 1. The smallest absolute Gasteiger partial charge is 0.310 e. The summed E-state index contributed by atoms with van der Waals surface area (Å²) in [5.74, 6) is -0.140. The van der Waals surface area contributed by atoms with Gasteiger partial charge in [0.05, 0.1) is 18.6 Å². The van der Waals surface area contributed by atoms with Gasteiger partial charge in [-0.2, -0.15) is 0 Å². The van der Waals surface area contributed by atoms with Gasteiger partial charge in [-0.05, 0) is 92.3 Å². The van der Waals surface area contributed by atoms with Crippen LogP contribution in [-0.2, 0) is 16.0 Å². The minimum absolute atomic E-state index is 0.140. The Labute approximate surface area is 182 Å². The number of benzene rings is 2. The largest absolute Gasteiger partial charge is 0.466 e. The number of carbonyl (C=O) groups excluding carboxylic acids is 1. The lowest BCUT2D eigenvalue weighted by Crippen LogP contribution is -2.16. The second-order valence-corrected chi connectivity index (χ2v) is 10.0. The van der Waals surface area contributed by atoms with Crippen molar-refractivity contribution in [2.24, 2.45) is 5.41 Å². The lowest BCUT2D eigenvalue weighted by Gasteiger charge is -2.30. The lowest BCUT2D eigenvalue weighted by atomic mass is 9.75. The van der Waals surface area contributed by atoms with Gasteiger partial charge in [0.1, 0.15) is 0 Å². The maximum absolute atomic E-state index is 12.2. The van der Waals surface area contributed by atoms with Crippen LogP contribution in [0.4, 0.5) is 0 Å². The summed E-state index contributed by atoms with van der Waals surface area (Å²) < 4.78 is 5.23. The predicted molar refractivity (Wildman–Crippen MR) is 127 cm³/mol. The number of allylic oxidation sites excluding steroid dienone is 2. The van der Waals surface area contributed by atoms with E-state index in [1.807, 2.05) is 6.92 Å². The summed E-state index contributed by atoms with van der Waals surface area (Å²) in [6.07, 6.45) is 6.07.